The average molecular weight is 806 g/mol. The van der Waals surface area contributed by atoms with Gasteiger partial charge in [0.15, 0.2) is 0 Å². The van der Waals surface area contributed by atoms with Gasteiger partial charge in [0.2, 0.25) is 0 Å². The van der Waals surface area contributed by atoms with Crippen molar-refractivity contribution in [1.29, 1.82) is 0 Å². The molecule has 3 aliphatic rings. The van der Waals surface area contributed by atoms with Gasteiger partial charge in [0, 0.05) is 0 Å². The summed E-state index contributed by atoms with van der Waals surface area (Å²) in [6.07, 6.45) is 8.12. The second-order valence-electron chi connectivity index (χ2n) is 16.8. The van der Waals surface area contributed by atoms with E-state index in [0.717, 1.165) is 3.67 Å². The predicted octanol–water partition coefficient (Wildman–Crippen LogP) is 10.3. The van der Waals surface area contributed by atoms with Gasteiger partial charge >= 0.3 is 264 Å². The molecular weight excluding hydrogens is 755 g/mol. The molecule has 4 aromatic carbocycles. The topological polar surface area (TPSA) is 0 Å². The molecule has 2 aliphatic carbocycles. The summed E-state index contributed by atoms with van der Waals surface area (Å²) in [6, 6.07) is 33.7. The maximum atomic E-state index is 2.77. The van der Waals surface area contributed by atoms with Crippen molar-refractivity contribution in [2.24, 2.45) is 0 Å². The fourth-order valence-electron chi connectivity index (χ4n) is 8.53. The Morgan fingerprint density at radius 1 is 0.600 bits per heavy atom. The molecule has 0 N–H and O–H groups in total. The van der Waals surface area contributed by atoms with Crippen LogP contribution in [0.4, 0.5) is 0 Å². The first-order chi connectivity index (χ1) is 21.3. The van der Waals surface area contributed by atoms with Crippen molar-refractivity contribution < 1.29 is 20.0 Å². The van der Waals surface area contributed by atoms with Gasteiger partial charge in [-0.15, -0.1) is 0 Å². The average Bonchev–Trinajstić information content (AvgIpc) is 3.55. The predicted molar refractivity (Wildman–Crippen MR) is 205 cm³/mol. The molecule has 0 amide bonds. The molecule has 1 heterocycles. The SMILES string of the molecule is C[Si](C)(C)c1ccc(-c2cccc3c2C=C2[SiH2]C4=Cc5c(-c6ccc([Si](C)(C)C)cc6)cccc5[CH]4[Hf]([CH3])([CH3])[CH2]CCC23)cc1. The molecule has 7 rings (SSSR count). The Hall–Kier alpha value is -2.12. The fraction of sp³-hybridized carbons (Fsp3) is 0.317. The van der Waals surface area contributed by atoms with Crippen LogP contribution >= 0.6 is 0 Å². The van der Waals surface area contributed by atoms with Crippen molar-refractivity contribution >= 4 is 48.2 Å². The van der Waals surface area contributed by atoms with E-state index >= 15 is 0 Å². The number of hydrogen-bond donors (Lipinski definition) is 0. The van der Waals surface area contributed by atoms with E-state index in [-0.39, 0.29) is 0 Å². The summed E-state index contributed by atoms with van der Waals surface area (Å²) < 4.78 is 7.79. The van der Waals surface area contributed by atoms with Crippen LogP contribution in [0.2, 0.25) is 52.8 Å². The third-order valence-electron chi connectivity index (χ3n) is 11.1. The minimum absolute atomic E-state index is 0.562. The molecule has 2 unspecified atom stereocenters. The van der Waals surface area contributed by atoms with Crippen molar-refractivity contribution in [2.75, 3.05) is 0 Å². The summed E-state index contributed by atoms with van der Waals surface area (Å²) in [7, 11) is -3.19. The van der Waals surface area contributed by atoms with Gasteiger partial charge in [0.05, 0.1) is 0 Å². The van der Waals surface area contributed by atoms with Crippen LogP contribution in [-0.2, 0) is 20.0 Å². The van der Waals surface area contributed by atoms with Crippen LogP contribution in [0.15, 0.2) is 95.3 Å². The third-order valence-corrected chi connectivity index (χ3v) is 32.8. The maximum absolute atomic E-state index is 2.77. The van der Waals surface area contributed by atoms with E-state index in [0.29, 0.717) is 5.92 Å². The van der Waals surface area contributed by atoms with E-state index in [9.17, 15) is 0 Å². The van der Waals surface area contributed by atoms with E-state index in [2.05, 4.69) is 146 Å². The van der Waals surface area contributed by atoms with E-state index < -0.39 is 45.6 Å². The van der Waals surface area contributed by atoms with Gasteiger partial charge in [0.25, 0.3) is 0 Å². The molecule has 0 saturated carbocycles. The third kappa shape index (κ3) is 5.83. The zero-order valence-electron chi connectivity index (χ0n) is 28.7. The van der Waals surface area contributed by atoms with E-state index in [1.165, 1.54) is 44.8 Å². The van der Waals surface area contributed by atoms with Crippen LogP contribution in [0.5, 0.6) is 0 Å². The molecule has 4 aromatic rings. The number of hydrogen-bond acceptors (Lipinski definition) is 0. The molecule has 1 fully saturated rings. The van der Waals surface area contributed by atoms with Crippen LogP contribution < -0.4 is 10.4 Å². The first-order valence-electron chi connectivity index (χ1n) is 17.2. The summed E-state index contributed by atoms with van der Waals surface area (Å²) in [5.41, 5.74) is 12.0. The second-order valence-corrected chi connectivity index (χ2v) is 47.1. The quantitative estimate of drug-likeness (QED) is 0.180. The van der Waals surface area contributed by atoms with Crippen molar-refractivity contribution in [1.82, 2.24) is 0 Å². The molecule has 2 atom stereocenters. The summed E-state index contributed by atoms with van der Waals surface area (Å²) >= 11 is -2.59. The van der Waals surface area contributed by atoms with Crippen molar-refractivity contribution in [2.45, 2.75) is 75.3 Å². The molecule has 0 aromatic heterocycles. The van der Waals surface area contributed by atoms with Gasteiger partial charge in [-0.1, -0.05) is 19.6 Å². The van der Waals surface area contributed by atoms with Gasteiger partial charge in [-0.25, -0.2) is 0 Å². The van der Waals surface area contributed by atoms with Gasteiger partial charge in [-0.05, 0) is 0 Å². The van der Waals surface area contributed by atoms with Crippen molar-refractivity contribution in [3.63, 3.8) is 0 Å². The Balaban J connectivity index is 1.29. The van der Waals surface area contributed by atoms with E-state index in [4.69, 9.17) is 0 Å². The van der Waals surface area contributed by atoms with Crippen molar-refractivity contribution in [3.05, 3.63) is 118 Å². The molecule has 230 valence electrons. The Labute approximate surface area is 281 Å². The first kappa shape index (κ1) is 31.5. The summed E-state index contributed by atoms with van der Waals surface area (Å²) in [5.74, 6) is 0.619. The standard InChI is InChI=1S/C39H44Si3.2CH3.Hf/c1-8-11-36-35-15-10-14-34(28-18-22-32(23-19-28)42(5,6)7)38(35)26-39(36)40-30-24-29-12-9-13-33(37(29)25-30)27-16-20-31(21-17-27)41(2,3)4;;;/h9-10,12-26,36H,1,8,11,40H2,2-7H3;2*1H3;. The molecule has 0 spiro atoms. The number of fused-ring (bicyclic) bond motifs is 6. The van der Waals surface area contributed by atoms with Gasteiger partial charge in [-0.3, -0.25) is 0 Å². The zero-order chi connectivity index (χ0) is 31.7. The number of benzene rings is 4. The Bertz CT molecular complexity index is 1830. The Morgan fingerprint density at radius 3 is 1.62 bits per heavy atom. The molecule has 1 aliphatic heterocycles. The zero-order valence-corrected chi connectivity index (χ0v) is 35.7. The van der Waals surface area contributed by atoms with Crippen LogP contribution in [0.3, 0.4) is 0 Å². The Morgan fingerprint density at radius 2 is 1.09 bits per heavy atom. The minimum atomic E-state index is -2.59. The van der Waals surface area contributed by atoms with Crippen LogP contribution in [0, 0.1) is 0 Å². The molecular formula is C41H50HfSi3. The summed E-state index contributed by atoms with van der Waals surface area (Å²) in [4.78, 5) is 0. The molecule has 0 radical (unpaired) electrons. The number of rotatable bonds is 4. The van der Waals surface area contributed by atoms with Gasteiger partial charge < -0.3 is 0 Å². The Kier molecular flexibility index (Phi) is 8.07. The van der Waals surface area contributed by atoms with E-state index in [1.54, 1.807) is 32.3 Å². The summed E-state index contributed by atoms with van der Waals surface area (Å²) in [6.45, 7) is 14.7. The van der Waals surface area contributed by atoms with Crippen LogP contribution in [-0.4, -0.2) is 25.7 Å². The molecule has 45 heavy (non-hydrogen) atoms. The second kappa shape index (κ2) is 11.5. The summed E-state index contributed by atoms with van der Waals surface area (Å²) in [5, 5.41) is 6.75. The van der Waals surface area contributed by atoms with Gasteiger partial charge in [-0.2, -0.15) is 0 Å². The number of allylic oxidation sites excluding steroid dienone is 2. The molecule has 0 nitrogen and oxygen atoms in total. The van der Waals surface area contributed by atoms with Crippen LogP contribution in [0.1, 0.15) is 44.7 Å². The molecule has 0 bridgehead atoms. The molecule has 1 saturated heterocycles. The normalized spacial score (nSPS) is 21.1. The van der Waals surface area contributed by atoms with E-state index in [1.807, 2.05) is 5.20 Å². The van der Waals surface area contributed by atoms with Crippen LogP contribution in [0.25, 0.3) is 34.4 Å². The van der Waals surface area contributed by atoms with Crippen molar-refractivity contribution in [3.8, 4) is 22.3 Å². The molecule has 4 heteroatoms. The van der Waals surface area contributed by atoms with Gasteiger partial charge in [0.1, 0.15) is 0 Å². The fourth-order valence-corrected chi connectivity index (χ4v) is 31.5. The first-order valence-corrected chi connectivity index (χ1v) is 37.4. The monoisotopic (exact) mass is 806 g/mol.